The number of hydrogen-bond acceptors (Lipinski definition) is 10. The van der Waals surface area contributed by atoms with Gasteiger partial charge < -0.3 is 28.4 Å². The molecule has 0 unspecified atom stereocenters. The molecule has 0 spiro atoms. The predicted molar refractivity (Wildman–Crippen MR) is 115 cm³/mol. The number of esters is 4. The molecule has 0 aromatic carbocycles. The lowest BCUT2D eigenvalue weighted by Crippen LogP contribution is -2.63. The van der Waals surface area contributed by atoms with E-state index < -0.39 is 62.7 Å². The van der Waals surface area contributed by atoms with Gasteiger partial charge in [0.15, 0.2) is 24.6 Å². The summed E-state index contributed by atoms with van der Waals surface area (Å²) < 4.78 is 32.8. The fourth-order valence-electron chi connectivity index (χ4n) is 3.28. The summed E-state index contributed by atoms with van der Waals surface area (Å²) in [6.07, 6.45) is -3.92. The molecule has 0 aliphatic carbocycles. The highest BCUT2D eigenvalue weighted by atomic mass is 28.3. The Bertz CT molecular complexity index is 659. The van der Waals surface area contributed by atoms with Gasteiger partial charge in [-0.2, -0.15) is 0 Å². The van der Waals surface area contributed by atoms with Gasteiger partial charge in [-0.1, -0.05) is 32.1 Å². The Hall–Kier alpha value is -1.98. The summed E-state index contributed by atoms with van der Waals surface area (Å²) in [4.78, 5) is 46.6. The Balaban J connectivity index is 3.09. The number of carbonyl (C=O) groups excluding carboxylic acids is 4. The van der Waals surface area contributed by atoms with Crippen molar-refractivity contribution in [3.8, 4) is 0 Å². The molecule has 1 aliphatic heterocycles. The van der Waals surface area contributed by atoms with E-state index in [1.54, 1.807) is 0 Å². The quantitative estimate of drug-likeness (QED) is 0.190. The Morgan fingerprint density at radius 3 is 1.78 bits per heavy atom. The lowest BCUT2D eigenvalue weighted by molar-refractivity contribution is -0.308. The topological polar surface area (TPSA) is 124 Å². The predicted octanol–water partition coefficient (Wildman–Crippen LogP) is 2.20. The van der Waals surface area contributed by atoms with Crippen LogP contribution in [0.25, 0.3) is 0 Å². The second-order valence-electron chi connectivity index (χ2n) is 8.96. The summed E-state index contributed by atoms with van der Waals surface area (Å²) in [5.41, 5.74) is 0. The van der Waals surface area contributed by atoms with Crippen molar-refractivity contribution in [3.63, 3.8) is 0 Å². The lowest BCUT2D eigenvalue weighted by Gasteiger charge is -2.44. The third-order valence-electron chi connectivity index (χ3n) is 4.55. The maximum atomic E-state index is 11.8. The van der Waals surface area contributed by atoms with Crippen LogP contribution in [0.3, 0.4) is 0 Å². The lowest BCUT2D eigenvalue weighted by atomic mass is 9.98. The van der Waals surface area contributed by atoms with Crippen molar-refractivity contribution in [2.45, 2.75) is 96.9 Å². The van der Waals surface area contributed by atoms with Crippen LogP contribution >= 0.6 is 0 Å². The molecule has 184 valence electrons. The number of hydrogen-bond donors (Lipinski definition) is 0. The molecule has 11 heteroatoms. The summed E-state index contributed by atoms with van der Waals surface area (Å²) in [5, 5.41) is 0. The Kier molecular flexibility index (Phi) is 11.3. The van der Waals surface area contributed by atoms with E-state index in [-0.39, 0.29) is 6.61 Å². The molecule has 32 heavy (non-hydrogen) atoms. The first kappa shape index (κ1) is 28.1. The first-order valence-electron chi connectivity index (χ1n) is 10.7. The first-order valence-corrected chi connectivity index (χ1v) is 14.4. The van der Waals surface area contributed by atoms with Crippen LogP contribution in [-0.2, 0) is 47.6 Å². The number of rotatable bonds is 11. The van der Waals surface area contributed by atoms with Crippen molar-refractivity contribution in [2.24, 2.45) is 0 Å². The van der Waals surface area contributed by atoms with E-state index in [2.05, 4.69) is 19.6 Å². The Morgan fingerprint density at radius 1 is 0.750 bits per heavy atom. The van der Waals surface area contributed by atoms with E-state index in [1.165, 1.54) is 27.7 Å². The Labute approximate surface area is 190 Å². The minimum absolute atomic E-state index is 0.271. The molecule has 5 atom stereocenters. The summed E-state index contributed by atoms with van der Waals surface area (Å²) in [5.74, 6) is -2.56. The minimum atomic E-state index is -1.21. The monoisotopic (exact) mass is 476 g/mol. The van der Waals surface area contributed by atoms with Gasteiger partial charge in [-0.25, -0.2) is 0 Å². The van der Waals surface area contributed by atoms with E-state index in [0.717, 1.165) is 18.9 Å². The third kappa shape index (κ3) is 10.6. The molecule has 1 rings (SSSR count). The summed E-state index contributed by atoms with van der Waals surface area (Å²) >= 11 is 0. The van der Waals surface area contributed by atoms with Crippen molar-refractivity contribution < 1.29 is 47.6 Å². The largest absolute Gasteiger partial charge is 0.463 e. The van der Waals surface area contributed by atoms with Crippen LogP contribution in [0.2, 0.25) is 25.7 Å². The highest BCUT2D eigenvalue weighted by Crippen LogP contribution is 2.30. The van der Waals surface area contributed by atoms with Crippen molar-refractivity contribution in [1.29, 1.82) is 0 Å². The van der Waals surface area contributed by atoms with Crippen LogP contribution in [0.4, 0.5) is 0 Å². The standard InChI is InChI=1S/C21H36O10Si/c1-13(22)27-12-17-18(28-14(2)23)19(29-15(3)24)20(30-16(4)25)21(31-17)26-10-8-9-11-32(5,6)7/h17-21H,8-12H2,1-7H3/t17-,18+,19+,20-,21+/m1/s1. The van der Waals surface area contributed by atoms with E-state index in [0.29, 0.717) is 6.61 Å². The van der Waals surface area contributed by atoms with E-state index >= 15 is 0 Å². The average molecular weight is 477 g/mol. The molecule has 0 radical (unpaired) electrons. The molecule has 0 aromatic heterocycles. The number of ether oxygens (including phenoxy) is 6. The van der Waals surface area contributed by atoms with Gasteiger partial charge >= 0.3 is 23.9 Å². The molecule has 0 amide bonds. The molecule has 1 heterocycles. The van der Waals surface area contributed by atoms with Gasteiger partial charge in [0.1, 0.15) is 12.7 Å². The smallest absolute Gasteiger partial charge is 0.303 e. The minimum Gasteiger partial charge on any atom is -0.463 e. The van der Waals surface area contributed by atoms with Gasteiger partial charge in [-0.05, 0) is 6.42 Å². The van der Waals surface area contributed by atoms with Crippen LogP contribution in [0.15, 0.2) is 0 Å². The highest BCUT2D eigenvalue weighted by molar-refractivity contribution is 6.76. The number of unbranched alkanes of at least 4 members (excludes halogenated alkanes) is 1. The highest BCUT2D eigenvalue weighted by Gasteiger charge is 2.52. The second kappa shape index (κ2) is 12.9. The molecule has 1 saturated heterocycles. The van der Waals surface area contributed by atoms with Crippen molar-refractivity contribution in [3.05, 3.63) is 0 Å². The van der Waals surface area contributed by atoms with Crippen molar-refractivity contribution in [2.75, 3.05) is 13.2 Å². The number of carbonyl (C=O) groups is 4. The van der Waals surface area contributed by atoms with Crippen LogP contribution in [0.1, 0.15) is 40.5 Å². The van der Waals surface area contributed by atoms with Crippen molar-refractivity contribution in [1.82, 2.24) is 0 Å². The molecule has 0 bridgehead atoms. The summed E-state index contributed by atoms with van der Waals surface area (Å²) in [6, 6.07) is 1.13. The van der Waals surface area contributed by atoms with Crippen LogP contribution in [0, 0.1) is 0 Å². The molecular formula is C21H36O10Si. The van der Waals surface area contributed by atoms with Gasteiger partial charge in [0.05, 0.1) is 0 Å². The molecule has 0 N–H and O–H groups in total. The second-order valence-corrected chi connectivity index (χ2v) is 14.6. The SMILES string of the molecule is CC(=O)OC[C@H]1O[C@H](OCCCC[Si](C)(C)C)[C@H](OC(C)=O)[C@@H](OC(C)=O)[C@H]1OC(C)=O. The summed E-state index contributed by atoms with van der Waals surface area (Å²) in [6.45, 7) is 11.7. The van der Waals surface area contributed by atoms with E-state index in [1.807, 2.05) is 0 Å². The zero-order chi connectivity index (χ0) is 24.5. The van der Waals surface area contributed by atoms with E-state index in [4.69, 9.17) is 28.4 Å². The van der Waals surface area contributed by atoms with E-state index in [9.17, 15) is 19.2 Å². The molecule has 0 saturated carbocycles. The molecule has 1 fully saturated rings. The normalized spacial score (nSPS) is 25.5. The van der Waals surface area contributed by atoms with Gasteiger partial charge in [-0.3, -0.25) is 19.2 Å². The molecular weight excluding hydrogens is 440 g/mol. The van der Waals surface area contributed by atoms with Crippen LogP contribution < -0.4 is 0 Å². The fourth-order valence-corrected chi connectivity index (χ4v) is 4.59. The third-order valence-corrected chi connectivity index (χ3v) is 6.40. The van der Waals surface area contributed by atoms with Gasteiger partial charge in [0.2, 0.25) is 0 Å². The Morgan fingerprint density at radius 2 is 1.28 bits per heavy atom. The first-order chi connectivity index (χ1) is 14.8. The van der Waals surface area contributed by atoms with Gasteiger partial charge in [0, 0.05) is 42.4 Å². The van der Waals surface area contributed by atoms with Crippen LogP contribution in [0.5, 0.6) is 0 Å². The zero-order valence-electron chi connectivity index (χ0n) is 20.0. The van der Waals surface area contributed by atoms with Gasteiger partial charge in [0.25, 0.3) is 0 Å². The maximum absolute atomic E-state index is 11.8. The zero-order valence-corrected chi connectivity index (χ0v) is 21.0. The molecule has 1 aliphatic rings. The van der Waals surface area contributed by atoms with Crippen molar-refractivity contribution >= 4 is 32.0 Å². The molecule has 0 aromatic rings. The molecule has 10 nitrogen and oxygen atoms in total. The summed E-state index contributed by atoms with van der Waals surface area (Å²) in [7, 11) is -1.18. The van der Waals surface area contributed by atoms with Crippen LogP contribution in [-0.4, -0.2) is 75.9 Å². The van der Waals surface area contributed by atoms with Gasteiger partial charge in [-0.15, -0.1) is 0 Å². The average Bonchev–Trinajstić information content (AvgIpc) is 2.62. The maximum Gasteiger partial charge on any atom is 0.303 e. The fraction of sp³-hybridized carbons (Fsp3) is 0.810.